The first-order valence-corrected chi connectivity index (χ1v) is 7.20. The number of rotatable bonds is 3. The van der Waals surface area contributed by atoms with Crippen LogP contribution in [0.1, 0.15) is 38.3 Å². The first-order valence-electron chi connectivity index (χ1n) is 6.82. The fourth-order valence-corrected chi connectivity index (χ4v) is 3.16. The molecule has 1 aromatic rings. The maximum atomic E-state index is 14.0. The van der Waals surface area contributed by atoms with Crippen LogP contribution in [0, 0.1) is 11.2 Å². The summed E-state index contributed by atoms with van der Waals surface area (Å²) in [4.78, 5) is 2.29. The van der Waals surface area contributed by atoms with Gasteiger partial charge < -0.3 is 5.73 Å². The molecule has 1 heterocycles. The molecule has 4 heteroatoms. The van der Waals surface area contributed by atoms with Crippen molar-refractivity contribution in [1.82, 2.24) is 4.90 Å². The molecule has 2 nitrogen and oxygen atoms in total. The summed E-state index contributed by atoms with van der Waals surface area (Å²) in [6, 6.07) is 4.62. The van der Waals surface area contributed by atoms with Crippen molar-refractivity contribution >= 4 is 11.6 Å². The van der Waals surface area contributed by atoms with E-state index in [1.54, 1.807) is 12.1 Å². The molecule has 1 aliphatic heterocycles. The highest BCUT2D eigenvalue weighted by Gasteiger charge is 2.31. The number of likely N-dealkylation sites (tertiary alicyclic amines) is 1. The summed E-state index contributed by atoms with van der Waals surface area (Å²) in [7, 11) is 0. The minimum absolute atomic E-state index is 0.0849. The summed E-state index contributed by atoms with van der Waals surface area (Å²) in [5, 5.41) is 0.561. The highest BCUT2D eigenvalue weighted by Crippen LogP contribution is 2.34. The molecule has 0 aromatic heterocycles. The van der Waals surface area contributed by atoms with Crippen LogP contribution in [0.5, 0.6) is 0 Å². The number of hydrogen-bond acceptors (Lipinski definition) is 2. The van der Waals surface area contributed by atoms with Gasteiger partial charge in [-0.3, -0.25) is 4.90 Å². The Labute approximate surface area is 119 Å². The second-order valence-corrected chi connectivity index (χ2v) is 6.59. The maximum absolute atomic E-state index is 14.0. The van der Waals surface area contributed by atoms with Gasteiger partial charge in [0.15, 0.2) is 0 Å². The van der Waals surface area contributed by atoms with Gasteiger partial charge in [0.1, 0.15) is 5.82 Å². The largest absolute Gasteiger partial charge is 0.329 e. The molecule has 1 fully saturated rings. The van der Waals surface area contributed by atoms with Crippen molar-refractivity contribution in [2.45, 2.75) is 32.7 Å². The van der Waals surface area contributed by atoms with Crippen LogP contribution in [0.3, 0.4) is 0 Å². The molecule has 1 atom stereocenters. The SMILES string of the molecule is CC1(C)CCCN(C(CN)c2cc(Cl)ccc2F)C1. The zero-order valence-corrected chi connectivity index (χ0v) is 12.4. The van der Waals surface area contributed by atoms with E-state index in [9.17, 15) is 4.39 Å². The lowest BCUT2D eigenvalue weighted by atomic mass is 9.83. The highest BCUT2D eigenvalue weighted by atomic mass is 35.5. The van der Waals surface area contributed by atoms with Crippen LogP contribution in [-0.2, 0) is 0 Å². The number of hydrogen-bond donors (Lipinski definition) is 1. The molecule has 2 rings (SSSR count). The molecule has 1 unspecified atom stereocenters. The minimum atomic E-state index is -0.219. The fraction of sp³-hybridized carbons (Fsp3) is 0.600. The minimum Gasteiger partial charge on any atom is -0.329 e. The van der Waals surface area contributed by atoms with Gasteiger partial charge >= 0.3 is 0 Å². The summed E-state index contributed by atoms with van der Waals surface area (Å²) < 4.78 is 14.0. The Hall–Kier alpha value is -0.640. The van der Waals surface area contributed by atoms with Crippen molar-refractivity contribution in [2.24, 2.45) is 11.1 Å². The molecule has 1 saturated heterocycles. The van der Waals surface area contributed by atoms with E-state index in [2.05, 4.69) is 18.7 Å². The van der Waals surface area contributed by atoms with Crippen LogP contribution in [0.15, 0.2) is 18.2 Å². The second kappa shape index (κ2) is 5.78. The average Bonchev–Trinajstić information content (AvgIpc) is 2.33. The lowest BCUT2D eigenvalue weighted by Gasteiger charge is -2.42. The van der Waals surface area contributed by atoms with Crippen molar-refractivity contribution in [1.29, 1.82) is 0 Å². The fourth-order valence-electron chi connectivity index (χ4n) is 2.98. The van der Waals surface area contributed by atoms with E-state index >= 15 is 0 Å². The lowest BCUT2D eigenvalue weighted by Crippen LogP contribution is -2.44. The molecule has 0 radical (unpaired) electrons. The van der Waals surface area contributed by atoms with Crippen LogP contribution in [-0.4, -0.2) is 24.5 Å². The number of nitrogens with two attached hydrogens (primary N) is 1. The van der Waals surface area contributed by atoms with Gasteiger partial charge in [-0.05, 0) is 43.0 Å². The van der Waals surface area contributed by atoms with Gasteiger partial charge in [-0.1, -0.05) is 25.4 Å². The second-order valence-electron chi connectivity index (χ2n) is 6.16. The van der Waals surface area contributed by atoms with Crippen molar-refractivity contribution < 1.29 is 4.39 Å². The molecule has 0 aliphatic carbocycles. The van der Waals surface area contributed by atoms with Crippen molar-refractivity contribution in [3.05, 3.63) is 34.6 Å². The monoisotopic (exact) mass is 284 g/mol. The molecule has 0 amide bonds. The molecule has 0 spiro atoms. The molecule has 0 saturated carbocycles. The van der Waals surface area contributed by atoms with Crippen LogP contribution in [0.4, 0.5) is 4.39 Å². The summed E-state index contributed by atoms with van der Waals surface area (Å²) in [5.41, 5.74) is 6.77. The molecule has 0 bridgehead atoms. The smallest absolute Gasteiger partial charge is 0.128 e. The van der Waals surface area contributed by atoms with Gasteiger partial charge in [0, 0.05) is 29.7 Å². The molecule has 2 N–H and O–H groups in total. The first kappa shape index (κ1) is 14.8. The molecular formula is C15H22ClFN2. The van der Waals surface area contributed by atoms with Gasteiger partial charge in [-0.15, -0.1) is 0 Å². The highest BCUT2D eigenvalue weighted by molar-refractivity contribution is 6.30. The van der Waals surface area contributed by atoms with E-state index in [4.69, 9.17) is 17.3 Å². The van der Waals surface area contributed by atoms with Crippen LogP contribution in [0.2, 0.25) is 5.02 Å². The number of benzene rings is 1. The Morgan fingerprint density at radius 2 is 2.21 bits per heavy atom. The predicted molar refractivity (Wildman–Crippen MR) is 77.8 cm³/mol. The zero-order chi connectivity index (χ0) is 14.0. The van der Waals surface area contributed by atoms with Gasteiger partial charge in [-0.2, -0.15) is 0 Å². The van der Waals surface area contributed by atoms with Crippen LogP contribution < -0.4 is 5.73 Å². The standard InChI is InChI=1S/C15H22ClFN2/c1-15(2)6-3-7-19(10-15)14(9-18)12-8-11(16)4-5-13(12)17/h4-5,8,14H,3,6-7,9-10,18H2,1-2H3. The lowest BCUT2D eigenvalue weighted by molar-refractivity contribution is 0.0792. The van der Waals surface area contributed by atoms with Gasteiger partial charge in [0.25, 0.3) is 0 Å². The van der Waals surface area contributed by atoms with Gasteiger partial charge in [0.2, 0.25) is 0 Å². The topological polar surface area (TPSA) is 29.3 Å². The van der Waals surface area contributed by atoms with E-state index in [1.165, 1.54) is 12.5 Å². The van der Waals surface area contributed by atoms with E-state index < -0.39 is 0 Å². The molecule has 1 aromatic carbocycles. The third-order valence-corrected chi connectivity index (χ3v) is 4.15. The van der Waals surface area contributed by atoms with E-state index in [-0.39, 0.29) is 17.3 Å². The van der Waals surface area contributed by atoms with Crippen molar-refractivity contribution in [2.75, 3.05) is 19.6 Å². The van der Waals surface area contributed by atoms with Crippen LogP contribution in [0.25, 0.3) is 0 Å². The number of nitrogens with zero attached hydrogens (tertiary/aromatic N) is 1. The molecule has 1 aliphatic rings. The maximum Gasteiger partial charge on any atom is 0.128 e. The van der Waals surface area contributed by atoms with E-state index in [1.807, 2.05) is 0 Å². The molecular weight excluding hydrogens is 263 g/mol. The summed E-state index contributed by atoms with van der Waals surface area (Å²) in [5.74, 6) is -0.219. The summed E-state index contributed by atoms with van der Waals surface area (Å²) in [6.45, 7) is 6.83. The predicted octanol–water partition coefficient (Wildman–Crippen LogP) is 3.60. The molecule has 106 valence electrons. The van der Waals surface area contributed by atoms with Gasteiger partial charge in [0.05, 0.1) is 0 Å². The molecule has 19 heavy (non-hydrogen) atoms. The Morgan fingerprint density at radius 1 is 1.47 bits per heavy atom. The summed E-state index contributed by atoms with van der Waals surface area (Å²) >= 11 is 5.99. The van der Waals surface area contributed by atoms with Crippen molar-refractivity contribution in [3.8, 4) is 0 Å². The van der Waals surface area contributed by atoms with Crippen molar-refractivity contribution in [3.63, 3.8) is 0 Å². The normalized spacial score (nSPS) is 21.3. The Bertz CT molecular complexity index is 448. The van der Waals surface area contributed by atoms with E-state index in [0.717, 1.165) is 19.5 Å². The Balaban J connectivity index is 2.26. The third-order valence-electron chi connectivity index (χ3n) is 3.91. The zero-order valence-electron chi connectivity index (χ0n) is 11.6. The number of halogens is 2. The Morgan fingerprint density at radius 3 is 2.84 bits per heavy atom. The average molecular weight is 285 g/mol. The van der Waals surface area contributed by atoms with Crippen LogP contribution >= 0.6 is 11.6 Å². The van der Waals surface area contributed by atoms with E-state index in [0.29, 0.717) is 17.1 Å². The quantitative estimate of drug-likeness (QED) is 0.919. The first-order chi connectivity index (χ1) is 8.93. The Kier molecular flexibility index (Phi) is 4.49. The third kappa shape index (κ3) is 3.47. The van der Waals surface area contributed by atoms with Gasteiger partial charge in [-0.25, -0.2) is 4.39 Å². The number of piperidine rings is 1. The summed E-state index contributed by atoms with van der Waals surface area (Å²) in [6.07, 6.45) is 2.34.